The van der Waals surface area contributed by atoms with Gasteiger partial charge < -0.3 is 19.3 Å². The first-order chi connectivity index (χ1) is 29.6. The average Bonchev–Trinajstić information content (AvgIpc) is 3.63. The highest BCUT2D eigenvalue weighted by molar-refractivity contribution is 6.11. The van der Waals surface area contributed by atoms with Crippen LogP contribution in [0.25, 0.3) is 27.5 Å². The van der Waals surface area contributed by atoms with Gasteiger partial charge in [0.25, 0.3) is 0 Å². The standard InChI is InChI=1S/C56H44N4/c1-41-27-31-47(32-28-41)59(48-33-29-42(2)30-34-48)51-37-50(58(45-21-11-5-12-22-45)46-23-13-6-14-24-46)38-52(39-51)60-55-26-16-15-25-53(55)54-40-49(35-36-56(54)60)57(43-17-7-3-8-18-43)44-19-9-4-10-20-44/h3-40H,1-2H3. The molecule has 4 nitrogen and oxygen atoms in total. The largest absolute Gasteiger partial charge is 0.310 e. The van der Waals surface area contributed by atoms with Crippen LogP contribution in [-0.2, 0) is 0 Å². The van der Waals surface area contributed by atoms with Gasteiger partial charge in [0.15, 0.2) is 0 Å². The normalized spacial score (nSPS) is 11.2. The van der Waals surface area contributed by atoms with Gasteiger partial charge in [-0.15, -0.1) is 0 Å². The van der Waals surface area contributed by atoms with E-state index in [2.05, 4.69) is 264 Å². The van der Waals surface area contributed by atoms with Crippen molar-refractivity contribution in [3.63, 3.8) is 0 Å². The number of hydrogen-bond acceptors (Lipinski definition) is 3. The molecule has 0 aliphatic carbocycles. The van der Waals surface area contributed by atoms with Crippen molar-refractivity contribution < 1.29 is 0 Å². The van der Waals surface area contributed by atoms with Gasteiger partial charge in [0.2, 0.25) is 0 Å². The number of nitrogens with zero attached hydrogens (tertiary/aromatic N) is 4. The topological polar surface area (TPSA) is 14.7 Å². The van der Waals surface area contributed by atoms with Crippen molar-refractivity contribution in [3.8, 4) is 5.69 Å². The van der Waals surface area contributed by atoms with Crippen LogP contribution >= 0.6 is 0 Å². The maximum atomic E-state index is 2.44. The Morgan fingerprint density at radius 1 is 0.267 bits per heavy atom. The van der Waals surface area contributed by atoms with Gasteiger partial charge in [-0.3, -0.25) is 0 Å². The van der Waals surface area contributed by atoms with Gasteiger partial charge in [0.1, 0.15) is 0 Å². The van der Waals surface area contributed by atoms with Crippen molar-refractivity contribution in [2.45, 2.75) is 13.8 Å². The van der Waals surface area contributed by atoms with Crippen LogP contribution in [-0.4, -0.2) is 4.57 Å². The number of aromatic nitrogens is 1. The maximum absolute atomic E-state index is 2.44. The highest BCUT2D eigenvalue weighted by Gasteiger charge is 2.22. The Balaban J connectivity index is 1.25. The van der Waals surface area contributed by atoms with E-state index in [9.17, 15) is 0 Å². The van der Waals surface area contributed by atoms with Crippen LogP contribution < -0.4 is 14.7 Å². The second-order valence-corrected chi connectivity index (χ2v) is 15.3. The Morgan fingerprint density at radius 2 is 0.617 bits per heavy atom. The zero-order chi connectivity index (χ0) is 40.4. The molecule has 0 saturated heterocycles. The Kier molecular flexibility index (Phi) is 9.64. The molecule has 4 heteroatoms. The SMILES string of the molecule is Cc1ccc(N(c2ccc(C)cc2)c2cc(N(c3ccccc3)c3ccccc3)cc(-n3c4ccccc4c4cc(N(c5ccccc5)c5ccccc5)ccc43)c2)cc1. The molecule has 0 fully saturated rings. The summed E-state index contributed by atoms with van der Waals surface area (Å²) in [7, 11) is 0. The van der Waals surface area contributed by atoms with Gasteiger partial charge in [0.05, 0.1) is 28.1 Å². The van der Waals surface area contributed by atoms with E-state index < -0.39 is 0 Å². The van der Waals surface area contributed by atoms with Crippen molar-refractivity contribution in [2.75, 3.05) is 14.7 Å². The molecule has 0 aliphatic heterocycles. The number of aryl methyl sites for hydroxylation is 2. The second kappa shape index (κ2) is 15.8. The van der Waals surface area contributed by atoms with Gasteiger partial charge in [0, 0.05) is 50.6 Å². The van der Waals surface area contributed by atoms with Crippen molar-refractivity contribution in [3.05, 3.63) is 242 Å². The molecule has 10 rings (SSSR count). The van der Waals surface area contributed by atoms with Gasteiger partial charge in [-0.05, 0) is 129 Å². The number of anilines is 9. The van der Waals surface area contributed by atoms with Crippen LogP contribution in [0.3, 0.4) is 0 Å². The van der Waals surface area contributed by atoms with Crippen LogP contribution in [0.4, 0.5) is 51.2 Å². The fourth-order valence-electron chi connectivity index (χ4n) is 8.38. The molecule has 1 heterocycles. The summed E-state index contributed by atoms with van der Waals surface area (Å²) in [6.45, 7) is 4.28. The minimum Gasteiger partial charge on any atom is -0.310 e. The third kappa shape index (κ3) is 6.95. The number of fused-ring (bicyclic) bond motifs is 3. The summed E-state index contributed by atoms with van der Waals surface area (Å²) in [6, 6.07) is 83.0. The van der Waals surface area contributed by atoms with Crippen molar-refractivity contribution in [1.29, 1.82) is 0 Å². The molecule has 0 N–H and O–H groups in total. The number of benzene rings is 9. The highest BCUT2D eigenvalue weighted by atomic mass is 15.2. The van der Waals surface area contributed by atoms with E-state index in [4.69, 9.17) is 0 Å². The van der Waals surface area contributed by atoms with Crippen molar-refractivity contribution in [2.24, 2.45) is 0 Å². The van der Waals surface area contributed by atoms with Crippen LogP contribution in [0.15, 0.2) is 231 Å². The van der Waals surface area contributed by atoms with E-state index in [1.54, 1.807) is 0 Å². The molecule has 288 valence electrons. The highest BCUT2D eigenvalue weighted by Crippen LogP contribution is 2.45. The van der Waals surface area contributed by atoms with E-state index in [0.717, 1.165) is 67.9 Å². The third-order valence-corrected chi connectivity index (χ3v) is 11.2. The Hall–Kier alpha value is -7.82. The molecule has 0 saturated carbocycles. The summed E-state index contributed by atoms with van der Waals surface area (Å²) in [4.78, 5) is 7.07. The summed E-state index contributed by atoms with van der Waals surface area (Å²) >= 11 is 0. The lowest BCUT2D eigenvalue weighted by atomic mass is 10.1. The summed E-state index contributed by atoms with van der Waals surface area (Å²) in [6.07, 6.45) is 0. The molecular weight excluding hydrogens is 729 g/mol. The monoisotopic (exact) mass is 772 g/mol. The Bertz CT molecular complexity index is 2910. The molecule has 9 aromatic carbocycles. The van der Waals surface area contributed by atoms with Crippen molar-refractivity contribution >= 4 is 73.0 Å². The molecule has 0 bridgehead atoms. The van der Waals surface area contributed by atoms with Crippen LogP contribution in [0.2, 0.25) is 0 Å². The lowest BCUT2D eigenvalue weighted by molar-refractivity contribution is 1.16. The molecule has 0 aliphatic rings. The molecule has 1 aromatic heterocycles. The first-order valence-electron chi connectivity index (χ1n) is 20.5. The van der Waals surface area contributed by atoms with Gasteiger partial charge in [-0.25, -0.2) is 0 Å². The van der Waals surface area contributed by atoms with Crippen LogP contribution in [0.1, 0.15) is 11.1 Å². The zero-order valence-corrected chi connectivity index (χ0v) is 33.7. The van der Waals surface area contributed by atoms with Crippen LogP contribution in [0.5, 0.6) is 0 Å². The van der Waals surface area contributed by atoms with E-state index in [-0.39, 0.29) is 0 Å². The number of para-hydroxylation sites is 5. The van der Waals surface area contributed by atoms with E-state index in [1.165, 1.54) is 21.9 Å². The predicted molar refractivity (Wildman–Crippen MR) is 254 cm³/mol. The third-order valence-electron chi connectivity index (χ3n) is 11.2. The minimum atomic E-state index is 1.05. The lowest BCUT2D eigenvalue weighted by Crippen LogP contribution is -2.14. The maximum Gasteiger partial charge on any atom is 0.0542 e. The first kappa shape index (κ1) is 36.5. The molecule has 0 spiro atoms. The summed E-state index contributed by atoms with van der Waals surface area (Å²) in [5.74, 6) is 0. The molecule has 0 unspecified atom stereocenters. The molecular formula is C56H44N4. The smallest absolute Gasteiger partial charge is 0.0542 e. The lowest BCUT2D eigenvalue weighted by Gasteiger charge is -2.30. The molecule has 10 aromatic rings. The van der Waals surface area contributed by atoms with Gasteiger partial charge in [-0.2, -0.15) is 0 Å². The minimum absolute atomic E-state index is 1.05. The zero-order valence-electron chi connectivity index (χ0n) is 33.7. The quantitative estimate of drug-likeness (QED) is 0.138. The molecule has 0 atom stereocenters. The van der Waals surface area contributed by atoms with Gasteiger partial charge in [-0.1, -0.05) is 126 Å². The second-order valence-electron chi connectivity index (χ2n) is 15.3. The molecule has 0 amide bonds. The average molecular weight is 773 g/mol. The summed E-state index contributed by atoms with van der Waals surface area (Å²) < 4.78 is 2.44. The fraction of sp³-hybridized carbons (Fsp3) is 0.0357. The summed E-state index contributed by atoms with van der Waals surface area (Å²) in [5, 5.41) is 2.38. The molecule has 60 heavy (non-hydrogen) atoms. The fourth-order valence-corrected chi connectivity index (χ4v) is 8.38. The van der Waals surface area contributed by atoms with Crippen LogP contribution in [0, 0.1) is 13.8 Å². The van der Waals surface area contributed by atoms with Crippen molar-refractivity contribution in [1.82, 2.24) is 4.57 Å². The Morgan fingerprint density at radius 3 is 1.07 bits per heavy atom. The Labute approximate surface area is 352 Å². The number of rotatable bonds is 10. The van der Waals surface area contributed by atoms with E-state index in [1.807, 2.05) is 0 Å². The number of hydrogen-bond donors (Lipinski definition) is 0. The first-order valence-corrected chi connectivity index (χ1v) is 20.5. The summed E-state index contributed by atoms with van der Waals surface area (Å²) in [5.41, 5.74) is 15.5. The van der Waals surface area contributed by atoms with E-state index >= 15 is 0 Å². The van der Waals surface area contributed by atoms with E-state index in [0.29, 0.717) is 0 Å². The predicted octanol–water partition coefficient (Wildman–Crippen LogP) is 15.8. The molecule has 0 radical (unpaired) electrons. The van der Waals surface area contributed by atoms with Gasteiger partial charge >= 0.3 is 0 Å².